The molecule has 1 atom stereocenters. The second-order valence-electron chi connectivity index (χ2n) is 5.31. The number of likely N-dealkylation sites (tertiary alicyclic amines) is 1. The van der Waals surface area contributed by atoms with Gasteiger partial charge in [-0.1, -0.05) is 12.1 Å². The molecule has 1 heterocycles. The van der Waals surface area contributed by atoms with E-state index in [0.29, 0.717) is 18.8 Å². The molecular weight excluding hydrogens is 243 g/mol. The highest BCUT2D eigenvalue weighted by molar-refractivity contribution is 5.35. The molecule has 4 heteroatoms. The summed E-state index contributed by atoms with van der Waals surface area (Å²) in [7, 11) is 0. The van der Waals surface area contributed by atoms with Gasteiger partial charge in [-0.05, 0) is 50.9 Å². The average molecular weight is 266 g/mol. The second-order valence-corrected chi connectivity index (χ2v) is 5.31. The fourth-order valence-corrected chi connectivity index (χ4v) is 2.51. The summed E-state index contributed by atoms with van der Waals surface area (Å²) >= 11 is 0. The van der Waals surface area contributed by atoms with E-state index in [1.54, 1.807) is 6.07 Å². The molecule has 1 aromatic carbocycles. The lowest BCUT2D eigenvalue weighted by Crippen LogP contribution is -2.25. The lowest BCUT2D eigenvalue weighted by molar-refractivity contribution is 0.229. The molecule has 3 nitrogen and oxygen atoms in total. The SMILES string of the molecule is CC(N)Cc1cccc(F)c1OCCN1CCCC1. The fourth-order valence-electron chi connectivity index (χ4n) is 2.51. The van der Waals surface area contributed by atoms with Crippen LogP contribution in [-0.2, 0) is 6.42 Å². The van der Waals surface area contributed by atoms with Crippen LogP contribution in [0.25, 0.3) is 0 Å². The van der Waals surface area contributed by atoms with Crippen molar-refractivity contribution in [2.24, 2.45) is 5.73 Å². The molecular formula is C15H23FN2O. The minimum absolute atomic E-state index is 0.00253. The molecule has 19 heavy (non-hydrogen) atoms. The Labute approximate surface area is 114 Å². The Hall–Kier alpha value is -1.13. The first-order chi connectivity index (χ1) is 9.16. The van der Waals surface area contributed by atoms with Gasteiger partial charge in [0, 0.05) is 12.6 Å². The molecule has 106 valence electrons. The van der Waals surface area contributed by atoms with Crippen molar-refractivity contribution in [3.63, 3.8) is 0 Å². The molecule has 0 aromatic heterocycles. The number of halogens is 1. The van der Waals surface area contributed by atoms with Crippen molar-refractivity contribution in [3.05, 3.63) is 29.6 Å². The van der Waals surface area contributed by atoms with Crippen molar-refractivity contribution in [2.75, 3.05) is 26.2 Å². The van der Waals surface area contributed by atoms with Gasteiger partial charge in [0.05, 0.1) is 0 Å². The maximum absolute atomic E-state index is 13.8. The van der Waals surface area contributed by atoms with E-state index in [2.05, 4.69) is 4.90 Å². The minimum atomic E-state index is -0.292. The topological polar surface area (TPSA) is 38.5 Å². The van der Waals surface area contributed by atoms with Gasteiger partial charge < -0.3 is 10.5 Å². The molecule has 2 rings (SSSR count). The highest BCUT2D eigenvalue weighted by Gasteiger charge is 2.14. The van der Waals surface area contributed by atoms with Gasteiger partial charge in [-0.2, -0.15) is 0 Å². The average Bonchev–Trinajstić information content (AvgIpc) is 2.85. The van der Waals surface area contributed by atoms with Crippen molar-refractivity contribution in [1.29, 1.82) is 0 Å². The van der Waals surface area contributed by atoms with E-state index in [1.165, 1.54) is 18.9 Å². The van der Waals surface area contributed by atoms with Crippen LogP contribution in [0.4, 0.5) is 4.39 Å². The zero-order valence-corrected chi connectivity index (χ0v) is 11.6. The van der Waals surface area contributed by atoms with Gasteiger partial charge in [0.1, 0.15) is 6.61 Å². The van der Waals surface area contributed by atoms with Crippen LogP contribution in [0.15, 0.2) is 18.2 Å². The van der Waals surface area contributed by atoms with Gasteiger partial charge in [-0.25, -0.2) is 4.39 Å². The molecule has 1 saturated heterocycles. The van der Waals surface area contributed by atoms with Crippen molar-refractivity contribution in [3.8, 4) is 5.75 Å². The Kier molecular flexibility index (Phi) is 5.16. The molecule has 1 fully saturated rings. The van der Waals surface area contributed by atoms with Crippen LogP contribution >= 0.6 is 0 Å². The van der Waals surface area contributed by atoms with Gasteiger partial charge in [0.15, 0.2) is 11.6 Å². The first kappa shape index (κ1) is 14.3. The van der Waals surface area contributed by atoms with Crippen molar-refractivity contribution in [2.45, 2.75) is 32.2 Å². The Morgan fingerprint density at radius 3 is 2.79 bits per heavy atom. The Bertz CT molecular complexity index is 403. The van der Waals surface area contributed by atoms with Gasteiger partial charge in [-0.3, -0.25) is 4.90 Å². The number of nitrogens with two attached hydrogens (primary N) is 1. The molecule has 2 N–H and O–H groups in total. The monoisotopic (exact) mass is 266 g/mol. The van der Waals surface area contributed by atoms with E-state index in [4.69, 9.17) is 10.5 Å². The maximum Gasteiger partial charge on any atom is 0.165 e. The van der Waals surface area contributed by atoms with E-state index in [1.807, 2.05) is 13.0 Å². The number of nitrogens with zero attached hydrogens (tertiary/aromatic N) is 1. The number of hydrogen-bond donors (Lipinski definition) is 1. The van der Waals surface area contributed by atoms with E-state index in [9.17, 15) is 4.39 Å². The van der Waals surface area contributed by atoms with Crippen LogP contribution in [0.3, 0.4) is 0 Å². The quantitative estimate of drug-likeness (QED) is 0.858. The molecule has 0 aliphatic carbocycles. The van der Waals surface area contributed by atoms with Crippen LogP contribution in [-0.4, -0.2) is 37.2 Å². The van der Waals surface area contributed by atoms with E-state index in [-0.39, 0.29) is 11.9 Å². The standard InChI is InChI=1S/C15H23FN2O/c1-12(17)11-13-5-4-6-14(16)15(13)19-10-9-18-7-2-3-8-18/h4-6,12H,2-3,7-11,17H2,1H3. The zero-order valence-electron chi connectivity index (χ0n) is 11.6. The molecule has 1 aliphatic rings. The van der Waals surface area contributed by atoms with Gasteiger partial charge in [0.2, 0.25) is 0 Å². The zero-order chi connectivity index (χ0) is 13.7. The summed E-state index contributed by atoms with van der Waals surface area (Å²) in [6.45, 7) is 5.58. The first-order valence-corrected chi connectivity index (χ1v) is 7.05. The number of hydrogen-bond acceptors (Lipinski definition) is 3. The normalized spacial score (nSPS) is 17.6. The smallest absolute Gasteiger partial charge is 0.165 e. The predicted octanol–water partition coefficient (Wildman–Crippen LogP) is 2.19. The van der Waals surface area contributed by atoms with Crippen LogP contribution in [0.1, 0.15) is 25.3 Å². The van der Waals surface area contributed by atoms with Gasteiger partial charge in [0.25, 0.3) is 0 Å². The summed E-state index contributed by atoms with van der Waals surface area (Å²) in [5.41, 5.74) is 6.64. The van der Waals surface area contributed by atoms with Crippen molar-refractivity contribution in [1.82, 2.24) is 4.90 Å². The number of ether oxygens (including phenoxy) is 1. The molecule has 0 amide bonds. The molecule has 1 unspecified atom stereocenters. The van der Waals surface area contributed by atoms with E-state index >= 15 is 0 Å². The second kappa shape index (κ2) is 6.87. The largest absolute Gasteiger partial charge is 0.489 e. The number of para-hydroxylation sites is 1. The molecule has 0 spiro atoms. The lowest BCUT2D eigenvalue weighted by Gasteiger charge is -2.17. The van der Waals surface area contributed by atoms with Gasteiger partial charge in [-0.15, -0.1) is 0 Å². The Balaban J connectivity index is 1.93. The Morgan fingerprint density at radius 1 is 1.37 bits per heavy atom. The Morgan fingerprint density at radius 2 is 2.11 bits per heavy atom. The third-order valence-electron chi connectivity index (χ3n) is 3.44. The number of rotatable bonds is 6. The summed E-state index contributed by atoms with van der Waals surface area (Å²) in [4.78, 5) is 2.35. The summed E-state index contributed by atoms with van der Waals surface area (Å²) in [6.07, 6.45) is 3.15. The molecule has 1 aliphatic heterocycles. The molecule has 0 saturated carbocycles. The summed E-state index contributed by atoms with van der Waals surface area (Å²) in [5.74, 6) is 0.0820. The van der Waals surface area contributed by atoms with Crippen LogP contribution in [0.2, 0.25) is 0 Å². The fraction of sp³-hybridized carbons (Fsp3) is 0.600. The van der Waals surface area contributed by atoms with Crippen LogP contribution in [0.5, 0.6) is 5.75 Å². The van der Waals surface area contributed by atoms with Crippen molar-refractivity contribution < 1.29 is 9.13 Å². The summed E-state index contributed by atoms with van der Waals surface area (Å²) in [6, 6.07) is 5.04. The third-order valence-corrected chi connectivity index (χ3v) is 3.44. The first-order valence-electron chi connectivity index (χ1n) is 7.05. The maximum atomic E-state index is 13.8. The van der Waals surface area contributed by atoms with E-state index < -0.39 is 0 Å². The lowest BCUT2D eigenvalue weighted by atomic mass is 10.1. The summed E-state index contributed by atoms with van der Waals surface area (Å²) < 4.78 is 19.5. The predicted molar refractivity (Wildman–Crippen MR) is 74.9 cm³/mol. The molecule has 0 bridgehead atoms. The van der Waals surface area contributed by atoms with Crippen LogP contribution < -0.4 is 10.5 Å². The highest BCUT2D eigenvalue weighted by Crippen LogP contribution is 2.24. The minimum Gasteiger partial charge on any atom is -0.489 e. The summed E-state index contributed by atoms with van der Waals surface area (Å²) in [5, 5.41) is 0. The molecule has 0 radical (unpaired) electrons. The van der Waals surface area contributed by atoms with Crippen LogP contribution in [0, 0.1) is 5.82 Å². The number of benzene rings is 1. The molecule has 1 aromatic rings. The van der Waals surface area contributed by atoms with E-state index in [0.717, 1.165) is 25.2 Å². The third kappa shape index (κ3) is 4.18. The van der Waals surface area contributed by atoms with Crippen molar-refractivity contribution >= 4 is 0 Å². The highest BCUT2D eigenvalue weighted by atomic mass is 19.1. The van der Waals surface area contributed by atoms with Gasteiger partial charge >= 0.3 is 0 Å².